The molecule has 0 unspecified atom stereocenters. The maximum absolute atomic E-state index is 10.4. The van der Waals surface area contributed by atoms with Crippen molar-refractivity contribution in [1.29, 1.82) is 0 Å². The molecule has 0 aliphatic heterocycles. The lowest BCUT2D eigenvalue weighted by Gasteiger charge is -2.18. The molecule has 19 heavy (non-hydrogen) atoms. The number of carboxylic acids is 1. The van der Waals surface area contributed by atoms with Gasteiger partial charge in [0.05, 0.1) is 0 Å². The zero-order chi connectivity index (χ0) is 13.8. The molecule has 2 N–H and O–H groups in total. The van der Waals surface area contributed by atoms with E-state index in [2.05, 4.69) is 5.32 Å². The van der Waals surface area contributed by atoms with Crippen LogP contribution in [0, 0.1) is 0 Å². The van der Waals surface area contributed by atoms with Crippen LogP contribution in [0.25, 0.3) is 0 Å². The quantitative estimate of drug-likeness (QED) is 0.760. The summed E-state index contributed by atoms with van der Waals surface area (Å²) in [6.45, 7) is 0.678. The predicted octanol–water partition coefficient (Wildman–Crippen LogP) is 3.89. The van der Waals surface area contributed by atoms with E-state index in [-0.39, 0.29) is 0 Å². The number of carbonyl (C=O) groups is 1. The first-order valence-corrected chi connectivity index (χ1v) is 7.92. The molecule has 0 heterocycles. The van der Waals surface area contributed by atoms with Crippen LogP contribution in [0.5, 0.6) is 0 Å². The third kappa shape index (κ3) is 9.71. The molecule has 0 radical (unpaired) electrons. The summed E-state index contributed by atoms with van der Waals surface area (Å²) < 4.78 is 0. The van der Waals surface area contributed by atoms with Crippen LogP contribution in [0.1, 0.15) is 70.6 Å². The van der Waals surface area contributed by atoms with Gasteiger partial charge in [0.15, 0.2) is 0 Å². The standard InChI is InChI=1S/C16H29NO2/c18-16(19)13-10-14-17-15-11-8-6-4-2-1-3-5-7-9-12-15/h10,13,15,17H,1-9,11-12,14H2,(H,18,19). The summed E-state index contributed by atoms with van der Waals surface area (Å²) in [6.07, 6.45) is 17.7. The molecule has 0 amide bonds. The van der Waals surface area contributed by atoms with Crippen molar-refractivity contribution in [2.75, 3.05) is 6.54 Å². The van der Waals surface area contributed by atoms with Crippen molar-refractivity contribution in [3.63, 3.8) is 0 Å². The molecule has 0 saturated heterocycles. The second-order valence-corrected chi connectivity index (χ2v) is 5.61. The van der Waals surface area contributed by atoms with Gasteiger partial charge in [-0.05, 0) is 12.8 Å². The van der Waals surface area contributed by atoms with Crippen LogP contribution < -0.4 is 5.32 Å². The Bertz CT molecular complexity index is 251. The van der Waals surface area contributed by atoms with Crippen LogP contribution in [-0.2, 0) is 4.79 Å². The van der Waals surface area contributed by atoms with Crippen LogP contribution in [-0.4, -0.2) is 23.7 Å². The largest absolute Gasteiger partial charge is 0.478 e. The van der Waals surface area contributed by atoms with E-state index < -0.39 is 5.97 Å². The average Bonchev–Trinajstić information content (AvgIpc) is 2.36. The Morgan fingerprint density at radius 3 is 1.89 bits per heavy atom. The average molecular weight is 267 g/mol. The van der Waals surface area contributed by atoms with Crippen LogP contribution in [0.3, 0.4) is 0 Å². The van der Waals surface area contributed by atoms with E-state index in [0.29, 0.717) is 12.6 Å². The Morgan fingerprint density at radius 1 is 0.947 bits per heavy atom. The third-order valence-corrected chi connectivity index (χ3v) is 3.89. The molecule has 1 rings (SSSR count). The zero-order valence-corrected chi connectivity index (χ0v) is 12.1. The number of carboxylic acid groups (broad SMARTS) is 1. The Labute approximate surface area is 117 Å². The number of hydrogen-bond donors (Lipinski definition) is 2. The Hall–Kier alpha value is -0.830. The van der Waals surface area contributed by atoms with Gasteiger partial charge in [0.25, 0.3) is 0 Å². The van der Waals surface area contributed by atoms with Crippen LogP contribution >= 0.6 is 0 Å². The van der Waals surface area contributed by atoms with Crippen LogP contribution in [0.4, 0.5) is 0 Å². The molecule has 1 saturated carbocycles. The first kappa shape index (κ1) is 16.2. The maximum atomic E-state index is 10.4. The van der Waals surface area contributed by atoms with Crippen molar-refractivity contribution >= 4 is 5.97 Å². The Morgan fingerprint density at radius 2 is 1.42 bits per heavy atom. The van der Waals surface area contributed by atoms with E-state index >= 15 is 0 Å². The SMILES string of the molecule is O=C(O)C=CCNC1CCCCCCCCCCC1. The number of hydrogen-bond acceptors (Lipinski definition) is 2. The van der Waals surface area contributed by atoms with E-state index in [9.17, 15) is 4.79 Å². The molecule has 1 aliphatic rings. The van der Waals surface area contributed by atoms with Gasteiger partial charge in [-0.3, -0.25) is 0 Å². The summed E-state index contributed by atoms with van der Waals surface area (Å²) >= 11 is 0. The van der Waals surface area contributed by atoms with Crippen molar-refractivity contribution in [3.8, 4) is 0 Å². The summed E-state index contributed by atoms with van der Waals surface area (Å²) in [5, 5.41) is 12.0. The van der Waals surface area contributed by atoms with Gasteiger partial charge in [-0.15, -0.1) is 0 Å². The normalized spacial score (nSPS) is 20.8. The van der Waals surface area contributed by atoms with Crippen LogP contribution in [0.2, 0.25) is 0 Å². The van der Waals surface area contributed by atoms with Gasteiger partial charge >= 0.3 is 5.97 Å². The van der Waals surface area contributed by atoms with E-state index in [1.54, 1.807) is 6.08 Å². The minimum Gasteiger partial charge on any atom is -0.478 e. The van der Waals surface area contributed by atoms with Crippen molar-refractivity contribution in [2.24, 2.45) is 0 Å². The van der Waals surface area contributed by atoms with Gasteiger partial charge in [-0.25, -0.2) is 4.79 Å². The van der Waals surface area contributed by atoms with Gasteiger partial charge in [-0.1, -0.05) is 63.9 Å². The number of aliphatic carboxylic acids is 1. The first-order chi connectivity index (χ1) is 9.29. The van der Waals surface area contributed by atoms with Gasteiger partial charge in [-0.2, -0.15) is 0 Å². The summed E-state index contributed by atoms with van der Waals surface area (Å²) in [7, 11) is 0. The van der Waals surface area contributed by atoms with E-state index in [1.165, 1.54) is 76.7 Å². The summed E-state index contributed by atoms with van der Waals surface area (Å²) in [5.74, 6) is -0.861. The monoisotopic (exact) mass is 267 g/mol. The minimum absolute atomic E-state index is 0.567. The fourth-order valence-electron chi connectivity index (χ4n) is 2.76. The number of nitrogens with one attached hydrogen (secondary N) is 1. The number of rotatable bonds is 4. The van der Waals surface area contributed by atoms with Crippen molar-refractivity contribution in [2.45, 2.75) is 76.7 Å². The van der Waals surface area contributed by atoms with Crippen molar-refractivity contribution < 1.29 is 9.90 Å². The fourth-order valence-corrected chi connectivity index (χ4v) is 2.76. The highest BCUT2D eigenvalue weighted by molar-refractivity contribution is 5.79. The predicted molar refractivity (Wildman–Crippen MR) is 79.4 cm³/mol. The van der Waals surface area contributed by atoms with Gasteiger partial charge < -0.3 is 10.4 Å². The molecule has 0 atom stereocenters. The smallest absolute Gasteiger partial charge is 0.328 e. The molecule has 110 valence electrons. The zero-order valence-electron chi connectivity index (χ0n) is 12.1. The van der Waals surface area contributed by atoms with Gasteiger partial charge in [0, 0.05) is 18.7 Å². The molecular weight excluding hydrogens is 238 g/mol. The molecule has 0 spiro atoms. The fraction of sp³-hybridized carbons (Fsp3) is 0.812. The molecule has 0 aromatic rings. The topological polar surface area (TPSA) is 49.3 Å². The molecule has 0 bridgehead atoms. The highest BCUT2D eigenvalue weighted by Gasteiger charge is 2.07. The molecular formula is C16H29NO2. The van der Waals surface area contributed by atoms with Crippen molar-refractivity contribution in [1.82, 2.24) is 5.32 Å². The summed E-state index contributed by atoms with van der Waals surface area (Å²) in [6, 6.07) is 0.567. The minimum atomic E-state index is -0.861. The lowest BCUT2D eigenvalue weighted by Crippen LogP contribution is -2.29. The van der Waals surface area contributed by atoms with E-state index in [1.807, 2.05) is 0 Å². The molecule has 3 nitrogen and oxygen atoms in total. The Balaban J connectivity index is 2.24. The molecule has 3 heteroatoms. The highest BCUT2D eigenvalue weighted by Crippen LogP contribution is 2.16. The van der Waals surface area contributed by atoms with Gasteiger partial charge in [0.1, 0.15) is 0 Å². The molecule has 1 aliphatic carbocycles. The lowest BCUT2D eigenvalue weighted by atomic mass is 9.98. The summed E-state index contributed by atoms with van der Waals surface area (Å²) in [5.41, 5.74) is 0. The van der Waals surface area contributed by atoms with Gasteiger partial charge in [0.2, 0.25) is 0 Å². The second kappa shape index (κ2) is 11.0. The lowest BCUT2D eigenvalue weighted by molar-refractivity contribution is -0.131. The molecule has 0 aromatic heterocycles. The second-order valence-electron chi connectivity index (χ2n) is 5.61. The van der Waals surface area contributed by atoms with E-state index in [4.69, 9.17) is 5.11 Å². The molecule has 0 aromatic carbocycles. The highest BCUT2D eigenvalue weighted by atomic mass is 16.4. The third-order valence-electron chi connectivity index (χ3n) is 3.89. The molecule has 1 fully saturated rings. The maximum Gasteiger partial charge on any atom is 0.328 e. The van der Waals surface area contributed by atoms with Crippen LogP contribution in [0.15, 0.2) is 12.2 Å². The van der Waals surface area contributed by atoms with E-state index in [0.717, 1.165) is 0 Å². The van der Waals surface area contributed by atoms with Crippen molar-refractivity contribution in [3.05, 3.63) is 12.2 Å². The Kier molecular flexibility index (Phi) is 9.42. The first-order valence-electron chi connectivity index (χ1n) is 7.92. The summed E-state index contributed by atoms with van der Waals surface area (Å²) in [4.78, 5) is 10.4.